The number of hydrogen-bond donors (Lipinski definition) is 0. The molecule has 3 fully saturated rings. The summed E-state index contributed by atoms with van der Waals surface area (Å²) in [7, 11) is 0. The summed E-state index contributed by atoms with van der Waals surface area (Å²) in [6.45, 7) is 9.75. The molecule has 1 aromatic heterocycles. The number of amides is 1. The second kappa shape index (κ2) is 11.3. The van der Waals surface area contributed by atoms with Crippen LogP contribution in [0, 0.1) is 11.6 Å². The summed E-state index contributed by atoms with van der Waals surface area (Å²) in [5, 5.41) is 1.63. The monoisotopic (exact) mass is 617 g/mol. The number of piperazine rings is 1. The van der Waals surface area contributed by atoms with Crippen LogP contribution in [0.25, 0.3) is 32.8 Å². The Morgan fingerprint density at radius 3 is 2.61 bits per heavy atom. The topological polar surface area (TPSA) is 61.8 Å². The molecule has 0 spiro atoms. The smallest absolute Gasteiger partial charge is 0.319 e. The molecule has 3 aliphatic heterocycles. The van der Waals surface area contributed by atoms with Gasteiger partial charge in [-0.1, -0.05) is 42.4 Å². The molecular weight excluding hydrogens is 584 g/mol. The fourth-order valence-electron chi connectivity index (χ4n) is 7.40. The van der Waals surface area contributed by atoms with Gasteiger partial charge >= 0.3 is 6.01 Å². The van der Waals surface area contributed by atoms with Gasteiger partial charge in [0.15, 0.2) is 0 Å². The van der Waals surface area contributed by atoms with Crippen molar-refractivity contribution < 1.29 is 18.3 Å². The first-order valence-electron chi connectivity index (χ1n) is 15.2. The Bertz CT molecular complexity index is 1790. The molecule has 4 heterocycles. The number of carbonyl (C=O) groups is 1. The lowest BCUT2D eigenvalue weighted by atomic mass is 9.95. The first-order chi connectivity index (χ1) is 21.3. The lowest BCUT2D eigenvalue weighted by Crippen LogP contribution is -2.53. The fraction of sp³-hybridized carbons (Fsp3) is 0.382. The average molecular weight is 618 g/mol. The maximum atomic E-state index is 16.1. The van der Waals surface area contributed by atoms with Crippen molar-refractivity contribution in [1.29, 1.82) is 0 Å². The van der Waals surface area contributed by atoms with E-state index in [-0.39, 0.29) is 34.1 Å². The van der Waals surface area contributed by atoms with Gasteiger partial charge in [-0.05, 0) is 80.9 Å². The Hall–Kier alpha value is -3.82. The van der Waals surface area contributed by atoms with Crippen LogP contribution in [-0.2, 0) is 4.79 Å². The predicted octanol–water partition coefficient (Wildman–Crippen LogP) is 6.61. The van der Waals surface area contributed by atoms with Gasteiger partial charge in [0.2, 0.25) is 5.91 Å². The van der Waals surface area contributed by atoms with Crippen molar-refractivity contribution in [2.75, 3.05) is 44.2 Å². The quantitative estimate of drug-likeness (QED) is 0.227. The molecule has 1 amide bonds. The van der Waals surface area contributed by atoms with Crippen molar-refractivity contribution in [3.05, 3.63) is 71.8 Å². The van der Waals surface area contributed by atoms with Gasteiger partial charge in [-0.25, -0.2) is 8.78 Å². The molecule has 44 heavy (non-hydrogen) atoms. The molecule has 3 saturated heterocycles. The number of aromatic nitrogens is 2. The third kappa shape index (κ3) is 4.86. The van der Waals surface area contributed by atoms with Crippen molar-refractivity contribution in [2.45, 2.75) is 44.2 Å². The predicted molar refractivity (Wildman–Crippen MR) is 169 cm³/mol. The number of fused-ring (bicyclic) bond motifs is 3. The van der Waals surface area contributed by atoms with Crippen molar-refractivity contribution >= 4 is 45.0 Å². The highest BCUT2D eigenvalue weighted by Gasteiger charge is 2.45. The summed E-state index contributed by atoms with van der Waals surface area (Å²) in [5.41, 5.74) is 1.25. The molecule has 0 aliphatic carbocycles. The van der Waals surface area contributed by atoms with Crippen LogP contribution in [0.1, 0.15) is 32.6 Å². The van der Waals surface area contributed by atoms with Crippen molar-refractivity contribution in [1.82, 2.24) is 19.8 Å². The Labute approximate surface area is 260 Å². The van der Waals surface area contributed by atoms with Crippen LogP contribution in [0.4, 0.5) is 14.6 Å². The van der Waals surface area contributed by atoms with Crippen LogP contribution in [0.5, 0.6) is 6.01 Å². The molecule has 3 aliphatic rings. The van der Waals surface area contributed by atoms with Crippen molar-refractivity contribution in [2.24, 2.45) is 0 Å². The standard InChI is InChI=1S/C34H34ClF2N5O2/c1-3-29(43)40-15-16-42(21(2)19-40)32-25-17-27(37)24(23-8-4-7-22-9-10-26(36)31(35)30(22)23)18-28(25)38-33(39-32)44-20-34-11-5-13-41(34)14-6-12-34/h3-4,7-10,17-18,21H,1,5-6,11-16,19-20H2,2H3/t21-/m0/s1. The normalized spacial score (nSPS) is 20.0. The molecule has 228 valence electrons. The molecule has 0 radical (unpaired) electrons. The molecule has 7 rings (SSSR count). The van der Waals surface area contributed by atoms with E-state index in [1.807, 2.05) is 13.0 Å². The highest BCUT2D eigenvalue weighted by Crippen LogP contribution is 2.41. The number of carbonyl (C=O) groups excluding carboxylic acids is 1. The van der Waals surface area contributed by atoms with Crippen LogP contribution in [0.2, 0.25) is 5.02 Å². The van der Waals surface area contributed by atoms with E-state index in [1.54, 1.807) is 29.2 Å². The van der Waals surface area contributed by atoms with E-state index in [9.17, 15) is 9.18 Å². The van der Waals surface area contributed by atoms with E-state index in [2.05, 4.69) is 16.4 Å². The van der Waals surface area contributed by atoms with E-state index in [0.29, 0.717) is 59.3 Å². The summed E-state index contributed by atoms with van der Waals surface area (Å²) in [6, 6.07) is 11.6. The molecule has 0 saturated carbocycles. The Kier molecular flexibility index (Phi) is 7.41. The zero-order valence-corrected chi connectivity index (χ0v) is 25.4. The molecule has 0 bridgehead atoms. The zero-order chi connectivity index (χ0) is 30.6. The van der Waals surface area contributed by atoms with E-state index in [4.69, 9.17) is 26.3 Å². The summed E-state index contributed by atoms with van der Waals surface area (Å²) in [6.07, 6.45) is 5.78. The summed E-state index contributed by atoms with van der Waals surface area (Å²) in [5.74, 6) is -0.624. The van der Waals surface area contributed by atoms with Crippen molar-refractivity contribution in [3.63, 3.8) is 0 Å². The van der Waals surface area contributed by atoms with Gasteiger partial charge in [0.05, 0.1) is 16.1 Å². The Balaban J connectivity index is 1.34. The van der Waals surface area contributed by atoms with Gasteiger partial charge in [-0.15, -0.1) is 0 Å². The highest BCUT2D eigenvalue weighted by molar-refractivity contribution is 6.37. The fourth-order valence-corrected chi connectivity index (χ4v) is 7.67. The summed E-state index contributed by atoms with van der Waals surface area (Å²) in [4.78, 5) is 28.4. The van der Waals surface area contributed by atoms with Crippen LogP contribution >= 0.6 is 11.6 Å². The van der Waals surface area contributed by atoms with Gasteiger partial charge in [0.25, 0.3) is 0 Å². The Morgan fingerprint density at radius 2 is 1.86 bits per heavy atom. The van der Waals surface area contributed by atoms with E-state index in [1.165, 1.54) is 18.2 Å². The van der Waals surface area contributed by atoms with E-state index in [0.717, 1.165) is 38.8 Å². The van der Waals surface area contributed by atoms with Crippen LogP contribution < -0.4 is 9.64 Å². The van der Waals surface area contributed by atoms with Gasteiger partial charge in [0, 0.05) is 42.0 Å². The van der Waals surface area contributed by atoms with Gasteiger partial charge in [-0.3, -0.25) is 9.69 Å². The number of anilines is 1. The lowest BCUT2D eigenvalue weighted by Gasteiger charge is -2.40. The highest BCUT2D eigenvalue weighted by atomic mass is 35.5. The SMILES string of the molecule is C=CC(=O)N1CCN(c2nc(OCC34CCCN3CCC4)nc3cc(-c4cccc5ccc(F)c(Cl)c45)c(F)cc23)[C@@H](C)C1. The first kappa shape index (κ1) is 28.9. The minimum Gasteiger partial charge on any atom is -0.461 e. The number of benzene rings is 3. The third-order valence-electron chi connectivity index (χ3n) is 9.64. The average Bonchev–Trinajstić information content (AvgIpc) is 3.61. The van der Waals surface area contributed by atoms with Crippen LogP contribution in [0.15, 0.2) is 55.1 Å². The minimum atomic E-state index is -0.566. The molecular formula is C34H34ClF2N5O2. The second-order valence-electron chi connectivity index (χ2n) is 12.2. The molecule has 0 N–H and O–H groups in total. The second-order valence-corrected chi connectivity index (χ2v) is 12.6. The molecule has 3 aromatic carbocycles. The molecule has 4 aromatic rings. The third-order valence-corrected chi connectivity index (χ3v) is 10.0. The molecule has 10 heteroatoms. The first-order valence-corrected chi connectivity index (χ1v) is 15.6. The Morgan fingerprint density at radius 1 is 1.07 bits per heavy atom. The van der Waals surface area contributed by atoms with E-state index < -0.39 is 11.6 Å². The van der Waals surface area contributed by atoms with Gasteiger partial charge in [0.1, 0.15) is 24.1 Å². The van der Waals surface area contributed by atoms with E-state index >= 15 is 4.39 Å². The molecule has 1 atom stereocenters. The van der Waals surface area contributed by atoms with Gasteiger partial charge < -0.3 is 14.5 Å². The van der Waals surface area contributed by atoms with Crippen LogP contribution in [-0.4, -0.2) is 76.6 Å². The summed E-state index contributed by atoms with van der Waals surface area (Å²) < 4.78 is 37.1. The lowest BCUT2D eigenvalue weighted by molar-refractivity contribution is -0.126. The summed E-state index contributed by atoms with van der Waals surface area (Å²) >= 11 is 6.42. The number of ether oxygens (including phenoxy) is 1. The largest absolute Gasteiger partial charge is 0.461 e. The molecule has 0 unspecified atom stereocenters. The van der Waals surface area contributed by atoms with Crippen LogP contribution in [0.3, 0.4) is 0 Å². The maximum Gasteiger partial charge on any atom is 0.319 e. The minimum absolute atomic E-state index is 0.000179. The van der Waals surface area contributed by atoms with Crippen molar-refractivity contribution in [3.8, 4) is 17.1 Å². The molecule has 7 nitrogen and oxygen atoms in total. The zero-order valence-electron chi connectivity index (χ0n) is 24.7. The van der Waals surface area contributed by atoms with Gasteiger partial charge in [-0.2, -0.15) is 9.97 Å². The number of hydrogen-bond acceptors (Lipinski definition) is 6. The number of rotatable bonds is 6. The number of halogens is 3. The number of nitrogens with zero attached hydrogens (tertiary/aromatic N) is 5. The maximum absolute atomic E-state index is 16.1.